The van der Waals surface area contributed by atoms with Gasteiger partial charge < -0.3 is 10.2 Å². The van der Waals surface area contributed by atoms with Crippen LogP contribution in [0.15, 0.2) is 48.5 Å². The molecule has 1 N–H and O–H groups in total. The largest absolute Gasteiger partial charge is 0.336 e. The molecule has 0 radical (unpaired) electrons. The number of nitrogens with zero attached hydrogens (tertiary/aromatic N) is 1. The number of anilines is 1. The van der Waals surface area contributed by atoms with Crippen molar-refractivity contribution in [2.75, 3.05) is 5.32 Å². The lowest BCUT2D eigenvalue weighted by atomic mass is 10.1. The fourth-order valence-corrected chi connectivity index (χ4v) is 3.36. The van der Waals surface area contributed by atoms with E-state index in [1.165, 1.54) is 0 Å². The topological polar surface area (TPSA) is 49.4 Å². The van der Waals surface area contributed by atoms with Crippen molar-refractivity contribution < 1.29 is 9.59 Å². The number of benzene rings is 2. The zero-order valence-corrected chi connectivity index (χ0v) is 16.5. The van der Waals surface area contributed by atoms with E-state index in [4.69, 9.17) is 0 Å². The normalized spacial score (nSPS) is 18.3. The summed E-state index contributed by atoms with van der Waals surface area (Å²) in [4.78, 5) is 27.5. The molecular weight excluding hydrogens is 336 g/mol. The van der Waals surface area contributed by atoms with Crippen LogP contribution in [0.4, 0.5) is 5.69 Å². The molecule has 0 heterocycles. The van der Waals surface area contributed by atoms with Crippen LogP contribution >= 0.6 is 0 Å². The van der Waals surface area contributed by atoms with Crippen molar-refractivity contribution in [2.45, 2.75) is 46.7 Å². The minimum absolute atomic E-state index is 0.0505. The fraction of sp³-hybridized carbons (Fsp3) is 0.391. The van der Waals surface area contributed by atoms with Gasteiger partial charge in [0.05, 0.1) is 11.8 Å². The highest BCUT2D eigenvalue weighted by atomic mass is 16.2. The second-order valence-electron chi connectivity index (χ2n) is 7.80. The van der Waals surface area contributed by atoms with Gasteiger partial charge in [0.25, 0.3) is 0 Å². The summed E-state index contributed by atoms with van der Waals surface area (Å²) in [7, 11) is 0. The minimum atomic E-state index is -0.227. The molecule has 1 aliphatic rings. The first kappa shape index (κ1) is 19.2. The highest BCUT2D eigenvalue weighted by Crippen LogP contribution is 2.41. The Bertz CT molecular complexity index is 830. The van der Waals surface area contributed by atoms with Crippen LogP contribution in [0.25, 0.3) is 0 Å². The number of hydrogen-bond donors (Lipinski definition) is 1. The molecule has 2 aromatic carbocycles. The summed E-state index contributed by atoms with van der Waals surface area (Å²) in [6.07, 6.45) is 0.632. The monoisotopic (exact) mass is 364 g/mol. The molecule has 3 rings (SSSR count). The number of nitrogens with one attached hydrogen (secondary N) is 1. The van der Waals surface area contributed by atoms with Gasteiger partial charge >= 0.3 is 0 Å². The Balaban J connectivity index is 1.64. The summed E-state index contributed by atoms with van der Waals surface area (Å²) in [5, 5.41) is 3.01. The number of carbonyl (C=O) groups excluding carboxylic acids is 2. The van der Waals surface area contributed by atoms with Gasteiger partial charge in [-0.05, 0) is 56.9 Å². The molecule has 2 atom stereocenters. The predicted molar refractivity (Wildman–Crippen MR) is 108 cm³/mol. The molecule has 4 nitrogen and oxygen atoms in total. The Morgan fingerprint density at radius 1 is 1.07 bits per heavy atom. The van der Waals surface area contributed by atoms with Crippen LogP contribution in [-0.2, 0) is 16.1 Å². The third-order valence-corrected chi connectivity index (χ3v) is 5.20. The Labute approximate surface area is 161 Å². The van der Waals surface area contributed by atoms with E-state index in [-0.39, 0.29) is 29.7 Å². The quantitative estimate of drug-likeness (QED) is 0.830. The second-order valence-corrected chi connectivity index (χ2v) is 7.80. The summed E-state index contributed by atoms with van der Waals surface area (Å²) in [5.41, 5.74) is 4.08. The zero-order chi connectivity index (χ0) is 19.6. The summed E-state index contributed by atoms with van der Waals surface area (Å²) in [5.74, 6) is -0.406. The van der Waals surface area contributed by atoms with E-state index < -0.39 is 0 Å². The molecule has 142 valence electrons. The van der Waals surface area contributed by atoms with Crippen molar-refractivity contribution in [3.8, 4) is 0 Å². The van der Waals surface area contributed by atoms with Crippen LogP contribution in [0, 0.1) is 25.7 Å². The van der Waals surface area contributed by atoms with E-state index in [0.717, 1.165) is 22.4 Å². The van der Waals surface area contributed by atoms with Gasteiger partial charge in [0.1, 0.15) is 0 Å². The zero-order valence-electron chi connectivity index (χ0n) is 16.5. The van der Waals surface area contributed by atoms with E-state index in [1.54, 1.807) is 0 Å². The molecule has 0 aromatic heterocycles. The van der Waals surface area contributed by atoms with Crippen molar-refractivity contribution in [1.29, 1.82) is 0 Å². The maximum atomic E-state index is 13.0. The molecule has 0 saturated heterocycles. The molecule has 1 saturated carbocycles. The first-order chi connectivity index (χ1) is 12.9. The first-order valence-electron chi connectivity index (χ1n) is 9.59. The lowest BCUT2D eigenvalue weighted by molar-refractivity contribution is -0.136. The maximum Gasteiger partial charge on any atom is 0.228 e. The third kappa shape index (κ3) is 4.57. The predicted octanol–water partition coefficient (Wildman–Crippen LogP) is 4.32. The Hall–Kier alpha value is -2.62. The molecule has 4 heteroatoms. The van der Waals surface area contributed by atoms with E-state index in [9.17, 15) is 9.59 Å². The molecule has 1 aliphatic carbocycles. The van der Waals surface area contributed by atoms with Gasteiger partial charge in [0, 0.05) is 18.3 Å². The van der Waals surface area contributed by atoms with Crippen molar-refractivity contribution in [3.63, 3.8) is 0 Å². The average molecular weight is 364 g/mol. The number of aryl methyl sites for hydroxylation is 2. The molecular formula is C23H28N2O2. The van der Waals surface area contributed by atoms with E-state index in [0.29, 0.717) is 13.0 Å². The molecule has 0 bridgehead atoms. The van der Waals surface area contributed by atoms with Crippen LogP contribution in [0.2, 0.25) is 0 Å². The SMILES string of the molecule is Cc1ccc(C)c(NC(=O)C2CC2C(=O)N(Cc2ccccc2)C(C)C)c1. The van der Waals surface area contributed by atoms with Crippen molar-refractivity contribution in [1.82, 2.24) is 4.90 Å². The van der Waals surface area contributed by atoms with Gasteiger partial charge in [0.2, 0.25) is 11.8 Å². The molecule has 0 spiro atoms. The van der Waals surface area contributed by atoms with Gasteiger partial charge in [-0.25, -0.2) is 0 Å². The molecule has 1 fully saturated rings. The van der Waals surface area contributed by atoms with E-state index in [1.807, 2.05) is 81.1 Å². The fourth-order valence-electron chi connectivity index (χ4n) is 3.36. The highest BCUT2D eigenvalue weighted by Gasteiger charge is 2.49. The van der Waals surface area contributed by atoms with Crippen LogP contribution in [0.3, 0.4) is 0 Å². The number of hydrogen-bond acceptors (Lipinski definition) is 2. The molecule has 2 aromatic rings. The second kappa shape index (κ2) is 7.95. The average Bonchev–Trinajstić information content (AvgIpc) is 3.44. The van der Waals surface area contributed by atoms with Crippen LogP contribution in [-0.4, -0.2) is 22.8 Å². The van der Waals surface area contributed by atoms with Gasteiger partial charge in [0.15, 0.2) is 0 Å². The van der Waals surface area contributed by atoms with Crippen LogP contribution in [0.1, 0.15) is 37.0 Å². The van der Waals surface area contributed by atoms with E-state index >= 15 is 0 Å². The van der Waals surface area contributed by atoms with Gasteiger partial charge in [-0.3, -0.25) is 9.59 Å². The standard InChI is InChI=1S/C23H28N2O2/c1-15(2)25(14-18-8-6-5-7-9-18)23(27)20-13-19(20)22(26)24-21-12-16(3)10-11-17(21)4/h5-12,15,19-20H,13-14H2,1-4H3,(H,24,26). The molecule has 2 amide bonds. The lowest BCUT2D eigenvalue weighted by Crippen LogP contribution is -2.38. The summed E-state index contributed by atoms with van der Waals surface area (Å²) in [6, 6.07) is 16.1. The van der Waals surface area contributed by atoms with Crippen molar-refractivity contribution >= 4 is 17.5 Å². The van der Waals surface area contributed by atoms with Crippen molar-refractivity contribution in [2.24, 2.45) is 11.8 Å². The Kier molecular flexibility index (Phi) is 5.64. The molecule has 0 aliphatic heterocycles. The first-order valence-corrected chi connectivity index (χ1v) is 9.59. The van der Waals surface area contributed by atoms with E-state index in [2.05, 4.69) is 5.32 Å². The minimum Gasteiger partial charge on any atom is -0.336 e. The van der Waals surface area contributed by atoms with Crippen LogP contribution < -0.4 is 5.32 Å². The Morgan fingerprint density at radius 2 is 1.78 bits per heavy atom. The summed E-state index contributed by atoms with van der Waals surface area (Å²) in [6.45, 7) is 8.61. The van der Waals surface area contributed by atoms with Gasteiger partial charge in [-0.2, -0.15) is 0 Å². The number of amides is 2. The molecule has 27 heavy (non-hydrogen) atoms. The number of rotatable bonds is 6. The molecule has 2 unspecified atom stereocenters. The number of carbonyl (C=O) groups is 2. The lowest BCUT2D eigenvalue weighted by Gasteiger charge is -2.27. The Morgan fingerprint density at radius 3 is 2.44 bits per heavy atom. The maximum absolute atomic E-state index is 13.0. The smallest absolute Gasteiger partial charge is 0.228 e. The summed E-state index contributed by atoms with van der Waals surface area (Å²) < 4.78 is 0. The van der Waals surface area contributed by atoms with Crippen LogP contribution in [0.5, 0.6) is 0 Å². The highest BCUT2D eigenvalue weighted by molar-refractivity contribution is 6.00. The third-order valence-electron chi connectivity index (χ3n) is 5.20. The van der Waals surface area contributed by atoms with Gasteiger partial charge in [-0.1, -0.05) is 42.5 Å². The van der Waals surface area contributed by atoms with Crippen molar-refractivity contribution in [3.05, 3.63) is 65.2 Å². The summed E-state index contributed by atoms with van der Waals surface area (Å²) >= 11 is 0. The van der Waals surface area contributed by atoms with Gasteiger partial charge in [-0.15, -0.1) is 0 Å².